The summed E-state index contributed by atoms with van der Waals surface area (Å²) in [5.74, 6) is 0. The number of methoxy groups -OCH3 is 1. The molecule has 4 heteroatoms. The van der Waals surface area contributed by atoms with E-state index in [0.717, 1.165) is 29.5 Å². The summed E-state index contributed by atoms with van der Waals surface area (Å²) in [6, 6.07) is 10.8. The van der Waals surface area contributed by atoms with E-state index < -0.39 is 0 Å². The average molecular weight is 251 g/mol. The molecule has 0 bridgehead atoms. The van der Waals surface area contributed by atoms with Crippen LogP contribution in [-0.2, 0) is 5.41 Å². The Morgan fingerprint density at radius 3 is 2.53 bits per heavy atom. The van der Waals surface area contributed by atoms with Crippen molar-refractivity contribution < 1.29 is 4.74 Å². The fraction of sp³-hybridized carbons (Fsp3) is 0.267. The highest BCUT2D eigenvalue weighted by Crippen LogP contribution is 2.48. The summed E-state index contributed by atoms with van der Waals surface area (Å²) in [7, 11) is 1.54. The summed E-state index contributed by atoms with van der Waals surface area (Å²) >= 11 is 0. The zero-order chi connectivity index (χ0) is 13.3. The molecule has 1 aliphatic rings. The lowest BCUT2D eigenvalue weighted by Crippen LogP contribution is -2.02. The summed E-state index contributed by atoms with van der Waals surface area (Å²) in [5.41, 5.74) is 2.78. The van der Waals surface area contributed by atoms with Crippen molar-refractivity contribution in [3.05, 3.63) is 42.2 Å². The highest BCUT2D eigenvalue weighted by molar-refractivity contribution is 5.63. The van der Waals surface area contributed by atoms with E-state index in [2.05, 4.69) is 22.1 Å². The Labute approximate surface area is 111 Å². The van der Waals surface area contributed by atoms with E-state index in [1.807, 2.05) is 18.2 Å². The first-order valence-corrected chi connectivity index (χ1v) is 6.16. The number of nitriles is 1. The normalized spacial score (nSPS) is 15.6. The van der Waals surface area contributed by atoms with Gasteiger partial charge in [-0.05, 0) is 30.0 Å². The number of rotatable bonds is 3. The van der Waals surface area contributed by atoms with Crippen LogP contribution < -0.4 is 4.74 Å². The summed E-state index contributed by atoms with van der Waals surface area (Å²) in [6.07, 6.45) is 5.37. The third-order valence-electron chi connectivity index (χ3n) is 3.52. The molecule has 0 saturated heterocycles. The van der Waals surface area contributed by atoms with Gasteiger partial charge in [-0.25, -0.2) is 9.97 Å². The van der Waals surface area contributed by atoms with Crippen LogP contribution in [0.2, 0.25) is 0 Å². The lowest BCUT2D eigenvalue weighted by atomic mass is 9.94. The number of hydrogen-bond acceptors (Lipinski definition) is 4. The van der Waals surface area contributed by atoms with Gasteiger partial charge >= 0.3 is 6.01 Å². The second kappa shape index (κ2) is 4.36. The second-order valence-electron chi connectivity index (χ2n) is 4.73. The number of hydrogen-bond donors (Lipinski definition) is 0. The van der Waals surface area contributed by atoms with Crippen molar-refractivity contribution in [1.82, 2.24) is 9.97 Å². The topological polar surface area (TPSA) is 58.8 Å². The smallest absolute Gasteiger partial charge is 0.316 e. The van der Waals surface area contributed by atoms with Crippen LogP contribution in [0.25, 0.3) is 11.1 Å². The Morgan fingerprint density at radius 1 is 1.21 bits per heavy atom. The van der Waals surface area contributed by atoms with Gasteiger partial charge in [0.05, 0.1) is 18.6 Å². The number of benzene rings is 1. The molecule has 1 aromatic carbocycles. The van der Waals surface area contributed by atoms with Gasteiger partial charge in [0.2, 0.25) is 0 Å². The molecule has 0 N–H and O–H groups in total. The molecule has 0 atom stereocenters. The average Bonchev–Trinajstić information content (AvgIpc) is 3.29. The Morgan fingerprint density at radius 2 is 1.95 bits per heavy atom. The van der Waals surface area contributed by atoms with Crippen molar-refractivity contribution in [3.8, 4) is 23.2 Å². The van der Waals surface area contributed by atoms with Crippen LogP contribution in [0.15, 0.2) is 36.7 Å². The maximum atomic E-state index is 9.25. The molecule has 0 spiro atoms. The van der Waals surface area contributed by atoms with Crippen molar-refractivity contribution >= 4 is 0 Å². The first-order valence-electron chi connectivity index (χ1n) is 6.16. The van der Waals surface area contributed by atoms with Crippen molar-refractivity contribution in [1.29, 1.82) is 5.26 Å². The van der Waals surface area contributed by atoms with Gasteiger partial charge in [-0.1, -0.05) is 18.2 Å². The molecule has 1 saturated carbocycles. The third-order valence-corrected chi connectivity index (χ3v) is 3.52. The van der Waals surface area contributed by atoms with E-state index in [1.165, 1.54) is 0 Å². The quantitative estimate of drug-likeness (QED) is 0.841. The van der Waals surface area contributed by atoms with E-state index in [1.54, 1.807) is 19.5 Å². The van der Waals surface area contributed by atoms with Crippen LogP contribution in [0, 0.1) is 11.3 Å². The van der Waals surface area contributed by atoms with E-state index in [4.69, 9.17) is 4.74 Å². The van der Waals surface area contributed by atoms with Crippen LogP contribution in [0.3, 0.4) is 0 Å². The van der Waals surface area contributed by atoms with Gasteiger partial charge < -0.3 is 4.74 Å². The summed E-state index contributed by atoms with van der Waals surface area (Å²) < 4.78 is 4.95. The van der Waals surface area contributed by atoms with E-state index in [0.29, 0.717) is 6.01 Å². The van der Waals surface area contributed by atoms with Gasteiger partial charge in [-0.15, -0.1) is 0 Å². The minimum atomic E-state index is -0.261. The molecule has 0 radical (unpaired) electrons. The van der Waals surface area contributed by atoms with Crippen LogP contribution in [0.4, 0.5) is 0 Å². The minimum absolute atomic E-state index is 0.261. The molecule has 2 aromatic rings. The molecular formula is C15H13N3O. The molecule has 3 rings (SSSR count). The van der Waals surface area contributed by atoms with E-state index >= 15 is 0 Å². The van der Waals surface area contributed by atoms with Gasteiger partial charge in [-0.2, -0.15) is 5.26 Å². The number of aromatic nitrogens is 2. The van der Waals surface area contributed by atoms with Crippen molar-refractivity contribution in [2.24, 2.45) is 0 Å². The predicted octanol–water partition coefficient (Wildman–Crippen LogP) is 2.71. The highest BCUT2D eigenvalue weighted by atomic mass is 16.5. The van der Waals surface area contributed by atoms with Gasteiger partial charge in [0, 0.05) is 18.0 Å². The Balaban J connectivity index is 1.97. The Hall–Kier alpha value is -2.41. The van der Waals surface area contributed by atoms with E-state index in [-0.39, 0.29) is 5.41 Å². The second-order valence-corrected chi connectivity index (χ2v) is 4.73. The largest absolute Gasteiger partial charge is 0.467 e. The fourth-order valence-electron chi connectivity index (χ4n) is 2.16. The zero-order valence-electron chi connectivity index (χ0n) is 10.6. The summed E-state index contributed by atoms with van der Waals surface area (Å²) in [6.45, 7) is 0. The van der Waals surface area contributed by atoms with Gasteiger partial charge in [0.1, 0.15) is 0 Å². The van der Waals surface area contributed by atoms with Crippen LogP contribution in [0.5, 0.6) is 6.01 Å². The minimum Gasteiger partial charge on any atom is -0.467 e. The Kier molecular flexibility index (Phi) is 2.68. The molecule has 0 aliphatic heterocycles. The van der Waals surface area contributed by atoms with Gasteiger partial charge in [0.15, 0.2) is 0 Å². The molecular weight excluding hydrogens is 238 g/mol. The molecule has 4 nitrogen and oxygen atoms in total. The molecule has 1 fully saturated rings. The predicted molar refractivity (Wildman–Crippen MR) is 70.5 cm³/mol. The molecule has 94 valence electrons. The van der Waals surface area contributed by atoms with Crippen LogP contribution in [0.1, 0.15) is 18.4 Å². The monoisotopic (exact) mass is 251 g/mol. The lowest BCUT2D eigenvalue weighted by Gasteiger charge is -2.08. The third kappa shape index (κ3) is 2.04. The summed E-state index contributed by atoms with van der Waals surface area (Å²) in [4.78, 5) is 8.21. The molecule has 0 unspecified atom stereocenters. The summed E-state index contributed by atoms with van der Waals surface area (Å²) in [5, 5.41) is 9.25. The molecule has 1 aliphatic carbocycles. The lowest BCUT2D eigenvalue weighted by molar-refractivity contribution is 0.380. The first kappa shape index (κ1) is 11.7. The fourth-order valence-corrected chi connectivity index (χ4v) is 2.16. The molecule has 0 amide bonds. The highest BCUT2D eigenvalue weighted by Gasteiger charge is 2.44. The van der Waals surface area contributed by atoms with Crippen molar-refractivity contribution in [3.63, 3.8) is 0 Å². The van der Waals surface area contributed by atoms with Crippen molar-refractivity contribution in [2.75, 3.05) is 7.11 Å². The van der Waals surface area contributed by atoms with Crippen molar-refractivity contribution in [2.45, 2.75) is 18.3 Å². The standard InChI is InChI=1S/C15H13N3O/c1-19-14-17-8-12(9-18-14)11-3-2-4-13(7-11)15(10-16)5-6-15/h2-4,7-9H,5-6H2,1H3. The Bertz CT molecular complexity index is 639. The van der Waals surface area contributed by atoms with E-state index in [9.17, 15) is 5.26 Å². The SMILES string of the molecule is COc1ncc(-c2cccc(C3(C#N)CC3)c2)cn1. The molecule has 19 heavy (non-hydrogen) atoms. The van der Waals surface area contributed by atoms with Crippen LogP contribution >= 0.6 is 0 Å². The molecule has 1 aromatic heterocycles. The van der Waals surface area contributed by atoms with Crippen LogP contribution in [-0.4, -0.2) is 17.1 Å². The maximum Gasteiger partial charge on any atom is 0.316 e. The first-order chi connectivity index (χ1) is 9.27. The zero-order valence-corrected chi connectivity index (χ0v) is 10.6. The number of nitrogens with zero attached hydrogens (tertiary/aromatic N) is 3. The maximum absolute atomic E-state index is 9.25. The number of ether oxygens (including phenoxy) is 1. The molecule has 1 heterocycles. The van der Waals surface area contributed by atoms with Gasteiger partial charge in [0.25, 0.3) is 0 Å². The van der Waals surface area contributed by atoms with Gasteiger partial charge in [-0.3, -0.25) is 0 Å².